The molecule has 3 aromatic carbocycles. The zero-order valence-corrected chi connectivity index (χ0v) is 22.6. The number of benzene rings is 3. The maximum Gasteiger partial charge on any atom is 0.261 e. The van der Waals surface area contributed by atoms with Crippen LogP contribution in [0.2, 0.25) is 10.0 Å². The van der Waals surface area contributed by atoms with E-state index in [0.29, 0.717) is 18.1 Å². The number of amides is 1. The van der Waals surface area contributed by atoms with Gasteiger partial charge < -0.3 is 5.32 Å². The zero-order valence-electron chi connectivity index (χ0n) is 18.6. The van der Waals surface area contributed by atoms with Gasteiger partial charge in [0, 0.05) is 40.3 Å². The van der Waals surface area contributed by atoms with Crippen molar-refractivity contribution in [2.45, 2.75) is 9.79 Å². The molecule has 3 aromatic rings. The van der Waals surface area contributed by atoms with Crippen LogP contribution in [0.3, 0.4) is 0 Å². The molecule has 4 rings (SSSR count). The lowest BCUT2D eigenvalue weighted by Crippen LogP contribution is -2.37. The molecule has 1 fully saturated rings. The molecule has 36 heavy (non-hydrogen) atoms. The van der Waals surface area contributed by atoms with E-state index in [1.807, 2.05) is 0 Å². The van der Waals surface area contributed by atoms with Gasteiger partial charge in [0.25, 0.3) is 15.9 Å². The molecule has 1 saturated heterocycles. The highest BCUT2D eigenvalue weighted by Gasteiger charge is 2.26. The SMILES string of the molecule is O=C(Nc1cccc(S(=O)(=O)N2CCSCC2)c1)c1cc(Cl)ccc1NS(=O)(=O)c1ccc(Cl)cc1. The van der Waals surface area contributed by atoms with Crippen molar-refractivity contribution in [3.05, 3.63) is 82.3 Å². The van der Waals surface area contributed by atoms with Crippen molar-refractivity contribution in [2.75, 3.05) is 34.6 Å². The van der Waals surface area contributed by atoms with Gasteiger partial charge in [-0.3, -0.25) is 9.52 Å². The Balaban J connectivity index is 1.59. The maximum absolute atomic E-state index is 13.1. The van der Waals surface area contributed by atoms with Crippen molar-refractivity contribution in [2.24, 2.45) is 0 Å². The molecule has 8 nitrogen and oxygen atoms in total. The Morgan fingerprint density at radius 1 is 0.833 bits per heavy atom. The van der Waals surface area contributed by atoms with E-state index in [4.69, 9.17) is 23.2 Å². The highest BCUT2D eigenvalue weighted by Crippen LogP contribution is 2.27. The predicted molar refractivity (Wildman–Crippen MR) is 144 cm³/mol. The Bertz CT molecular complexity index is 1490. The second-order valence-electron chi connectivity index (χ2n) is 7.75. The molecule has 1 aliphatic heterocycles. The van der Waals surface area contributed by atoms with Crippen molar-refractivity contribution < 1.29 is 21.6 Å². The van der Waals surface area contributed by atoms with Crippen LogP contribution in [0.5, 0.6) is 0 Å². The van der Waals surface area contributed by atoms with Gasteiger partial charge in [-0.25, -0.2) is 16.8 Å². The molecule has 0 aromatic heterocycles. The van der Waals surface area contributed by atoms with Crippen LogP contribution < -0.4 is 10.0 Å². The van der Waals surface area contributed by atoms with Gasteiger partial charge in [-0.2, -0.15) is 16.1 Å². The second-order valence-corrected chi connectivity index (χ2v) is 13.5. The van der Waals surface area contributed by atoms with E-state index in [0.717, 1.165) is 11.5 Å². The lowest BCUT2D eigenvalue weighted by atomic mass is 10.1. The molecule has 13 heteroatoms. The molecular formula is C23H21Cl2N3O5S3. The normalized spacial score (nSPS) is 14.8. The summed E-state index contributed by atoms with van der Waals surface area (Å²) in [6.45, 7) is 0.840. The predicted octanol–water partition coefficient (Wildman–Crippen LogP) is 4.78. The van der Waals surface area contributed by atoms with Gasteiger partial charge in [-0.1, -0.05) is 29.3 Å². The van der Waals surface area contributed by atoms with Crippen LogP contribution in [0.4, 0.5) is 11.4 Å². The monoisotopic (exact) mass is 585 g/mol. The highest BCUT2D eigenvalue weighted by atomic mass is 35.5. The number of sulfonamides is 2. The quantitative estimate of drug-likeness (QED) is 0.412. The average Bonchev–Trinajstić information content (AvgIpc) is 2.86. The third-order valence-electron chi connectivity index (χ3n) is 5.29. The van der Waals surface area contributed by atoms with E-state index in [1.54, 1.807) is 17.8 Å². The number of hydrogen-bond donors (Lipinski definition) is 2. The van der Waals surface area contributed by atoms with Crippen LogP contribution in [-0.2, 0) is 20.0 Å². The van der Waals surface area contributed by atoms with Gasteiger partial charge in [-0.15, -0.1) is 0 Å². The highest BCUT2D eigenvalue weighted by molar-refractivity contribution is 7.99. The van der Waals surface area contributed by atoms with Crippen LogP contribution in [0.25, 0.3) is 0 Å². The van der Waals surface area contributed by atoms with Crippen molar-refractivity contribution in [3.8, 4) is 0 Å². The minimum absolute atomic E-state index is 0.00134. The molecular weight excluding hydrogens is 565 g/mol. The molecule has 1 heterocycles. The Kier molecular flexibility index (Phi) is 8.18. The number of thioether (sulfide) groups is 1. The average molecular weight is 587 g/mol. The maximum atomic E-state index is 13.1. The largest absolute Gasteiger partial charge is 0.322 e. The standard InChI is InChI=1S/C23H21Cl2N3O5S3/c24-16-4-7-19(8-5-16)35(30,31)27-22-9-6-17(25)14-21(22)23(29)26-18-2-1-3-20(15-18)36(32,33)28-10-12-34-13-11-28/h1-9,14-15,27H,10-13H2,(H,26,29). The van der Waals surface area contributed by atoms with Crippen molar-refractivity contribution in [1.29, 1.82) is 0 Å². The minimum atomic E-state index is -4.03. The van der Waals surface area contributed by atoms with Crippen molar-refractivity contribution in [3.63, 3.8) is 0 Å². The van der Waals surface area contributed by atoms with Crippen LogP contribution in [0.1, 0.15) is 10.4 Å². The molecule has 1 amide bonds. The fourth-order valence-corrected chi connectivity index (χ4v) is 7.48. The van der Waals surface area contributed by atoms with E-state index >= 15 is 0 Å². The van der Waals surface area contributed by atoms with E-state index in [-0.39, 0.29) is 31.8 Å². The lowest BCUT2D eigenvalue weighted by Gasteiger charge is -2.25. The summed E-state index contributed by atoms with van der Waals surface area (Å²) >= 11 is 13.6. The van der Waals surface area contributed by atoms with Gasteiger partial charge in [-0.05, 0) is 60.7 Å². The number of halogens is 2. The molecule has 0 radical (unpaired) electrons. The van der Waals surface area contributed by atoms with Crippen molar-refractivity contribution in [1.82, 2.24) is 4.31 Å². The third-order valence-corrected chi connectivity index (χ3v) is 10.00. The summed E-state index contributed by atoms with van der Waals surface area (Å²) in [7, 11) is -7.74. The number of nitrogens with zero attached hydrogens (tertiary/aromatic N) is 1. The first kappa shape index (κ1) is 26.8. The summed E-state index contributed by atoms with van der Waals surface area (Å²) in [5.41, 5.74) is 0.196. The summed E-state index contributed by atoms with van der Waals surface area (Å²) in [5, 5.41) is 3.23. The first-order valence-electron chi connectivity index (χ1n) is 10.6. The number of nitrogens with one attached hydrogen (secondary N) is 2. The minimum Gasteiger partial charge on any atom is -0.322 e. The summed E-state index contributed by atoms with van der Waals surface area (Å²) in [4.78, 5) is 13.1. The molecule has 0 aliphatic carbocycles. The van der Waals surface area contributed by atoms with Crippen LogP contribution in [0.15, 0.2) is 76.5 Å². The molecule has 0 atom stereocenters. The summed E-state index contributed by atoms with van der Waals surface area (Å²) in [6.07, 6.45) is 0. The number of rotatable bonds is 7. The van der Waals surface area contributed by atoms with E-state index in [2.05, 4.69) is 10.0 Å². The topological polar surface area (TPSA) is 113 Å². The van der Waals surface area contributed by atoms with Gasteiger partial charge in [0.1, 0.15) is 0 Å². The van der Waals surface area contributed by atoms with Gasteiger partial charge in [0.2, 0.25) is 10.0 Å². The number of carbonyl (C=O) groups is 1. The summed E-state index contributed by atoms with van der Waals surface area (Å²) < 4.78 is 55.5. The fourth-order valence-electron chi connectivity index (χ4n) is 3.48. The van der Waals surface area contributed by atoms with E-state index in [1.165, 1.54) is 65.0 Å². The van der Waals surface area contributed by atoms with Crippen LogP contribution in [-0.4, -0.2) is 51.6 Å². The lowest BCUT2D eigenvalue weighted by molar-refractivity contribution is 0.102. The Morgan fingerprint density at radius 3 is 2.19 bits per heavy atom. The van der Waals surface area contributed by atoms with Gasteiger partial charge in [0.15, 0.2) is 0 Å². The Hall–Kier alpha value is -2.28. The molecule has 2 N–H and O–H groups in total. The summed E-state index contributed by atoms with van der Waals surface area (Å²) in [5.74, 6) is 0.772. The second kappa shape index (κ2) is 11.0. The number of carbonyl (C=O) groups excluding carboxylic acids is 1. The molecule has 0 spiro atoms. The first-order chi connectivity index (χ1) is 17.1. The molecule has 0 unspecified atom stereocenters. The van der Waals surface area contributed by atoms with E-state index < -0.39 is 26.0 Å². The smallest absolute Gasteiger partial charge is 0.261 e. The molecule has 1 aliphatic rings. The van der Waals surface area contributed by atoms with Crippen LogP contribution >= 0.6 is 35.0 Å². The van der Waals surface area contributed by atoms with Gasteiger partial charge >= 0.3 is 0 Å². The number of hydrogen-bond acceptors (Lipinski definition) is 6. The molecule has 190 valence electrons. The Labute approximate surface area is 224 Å². The van der Waals surface area contributed by atoms with Crippen LogP contribution in [0, 0.1) is 0 Å². The molecule has 0 saturated carbocycles. The first-order valence-corrected chi connectivity index (χ1v) is 15.5. The third kappa shape index (κ3) is 6.16. The number of anilines is 2. The fraction of sp³-hybridized carbons (Fsp3) is 0.174. The van der Waals surface area contributed by atoms with Gasteiger partial charge in [0.05, 0.1) is 21.0 Å². The summed E-state index contributed by atoms with van der Waals surface area (Å²) in [6, 6.07) is 15.6. The van der Waals surface area contributed by atoms with E-state index in [9.17, 15) is 21.6 Å². The van der Waals surface area contributed by atoms with Crippen molar-refractivity contribution >= 4 is 72.3 Å². The Morgan fingerprint density at radius 2 is 1.50 bits per heavy atom. The zero-order chi connectivity index (χ0) is 25.9. The molecule has 0 bridgehead atoms.